The van der Waals surface area contributed by atoms with Crippen molar-refractivity contribution in [2.75, 3.05) is 19.4 Å². The fraction of sp³-hybridized carbons (Fsp3) is 0.250. The molecule has 3 aromatic rings. The minimum Gasteiger partial charge on any atom is -0.349 e. The number of hydrogen-bond acceptors (Lipinski definition) is 5. The Labute approximate surface area is 197 Å². The Morgan fingerprint density at radius 3 is 2.45 bits per heavy atom. The van der Waals surface area contributed by atoms with E-state index in [0.717, 1.165) is 16.5 Å². The van der Waals surface area contributed by atoms with E-state index in [0.29, 0.717) is 12.1 Å². The molecule has 3 atom stereocenters. The van der Waals surface area contributed by atoms with E-state index in [2.05, 4.69) is 15.6 Å². The normalized spacial score (nSPS) is 17.4. The van der Waals surface area contributed by atoms with Crippen LogP contribution in [0.2, 0.25) is 0 Å². The Kier molecular flexibility index (Phi) is 7.63. The van der Waals surface area contributed by atoms with Gasteiger partial charge in [0, 0.05) is 37.8 Å². The van der Waals surface area contributed by atoms with E-state index in [1.165, 1.54) is 4.90 Å². The van der Waals surface area contributed by atoms with E-state index in [9.17, 15) is 14.4 Å². The maximum atomic E-state index is 12.7. The number of hydrogen-bond donors (Lipinski definition) is 2. The smallest absolute Gasteiger partial charge is 0.256 e. The van der Waals surface area contributed by atoms with E-state index in [4.69, 9.17) is 4.74 Å². The molecule has 2 aromatic carbocycles. The van der Waals surface area contributed by atoms with Crippen molar-refractivity contribution in [2.24, 2.45) is 0 Å². The molecule has 1 saturated heterocycles. The summed E-state index contributed by atoms with van der Waals surface area (Å²) in [7, 11) is 3.27. The molecule has 0 radical (unpaired) electrons. The molecule has 0 saturated carbocycles. The van der Waals surface area contributed by atoms with Gasteiger partial charge in [-0.25, -0.2) is 0 Å². The molecule has 3 amide bonds. The second kappa shape index (κ2) is 10.4. The van der Waals surface area contributed by atoms with Crippen molar-refractivity contribution in [3.8, 4) is 0 Å². The molecule has 1 fully saturated rings. The zero-order chi connectivity index (χ0) is 22.7. The molecule has 33 heavy (non-hydrogen) atoms. The van der Waals surface area contributed by atoms with Gasteiger partial charge in [-0.3, -0.25) is 19.4 Å². The first-order valence-corrected chi connectivity index (χ1v) is 10.3. The van der Waals surface area contributed by atoms with Crippen molar-refractivity contribution in [3.05, 3.63) is 72.4 Å². The Morgan fingerprint density at radius 1 is 1.00 bits per heavy atom. The SMILES string of the molecule is CN(C)C(=O)[C@H](Cc1ccccc1)NC(=O)[C@H]1O[C@@H]1C(=O)Nc1ccc2ncccc2c1.Cl. The number of aromatic nitrogens is 1. The molecule has 0 bridgehead atoms. The summed E-state index contributed by atoms with van der Waals surface area (Å²) in [5, 5.41) is 6.40. The van der Waals surface area contributed by atoms with Crippen molar-refractivity contribution in [3.63, 3.8) is 0 Å². The third-order valence-electron chi connectivity index (χ3n) is 5.22. The predicted molar refractivity (Wildman–Crippen MR) is 127 cm³/mol. The van der Waals surface area contributed by atoms with Gasteiger partial charge in [-0.2, -0.15) is 0 Å². The third-order valence-corrected chi connectivity index (χ3v) is 5.22. The van der Waals surface area contributed by atoms with Crippen molar-refractivity contribution in [2.45, 2.75) is 24.7 Å². The van der Waals surface area contributed by atoms with Gasteiger partial charge < -0.3 is 20.3 Å². The minimum absolute atomic E-state index is 0. The fourth-order valence-electron chi connectivity index (χ4n) is 3.49. The quantitative estimate of drug-likeness (QED) is 0.517. The number of pyridine rings is 1. The minimum atomic E-state index is -0.926. The van der Waals surface area contributed by atoms with Crippen LogP contribution in [0.15, 0.2) is 66.9 Å². The highest BCUT2D eigenvalue weighted by Gasteiger charge is 2.51. The second-order valence-corrected chi connectivity index (χ2v) is 7.86. The highest BCUT2D eigenvalue weighted by atomic mass is 35.5. The summed E-state index contributed by atoms with van der Waals surface area (Å²) in [6, 6.07) is 17.8. The van der Waals surface area contributed by atoms with Crippen molar-refractivity contribution in [1.29, 1.82) is 0 Å². The average Bonchev–Trinajstić information content (AvgIpc) is 3.60. The molecular weight excluding hydrogens is 444 g/mol. The average molecular weight is 469 g/mol. The lowest BCUT2D eigenvalue weighted by Gasteiger charge is -2.21. The Bertz CT molecular complexity index is 1160. The number of epoxide rings is 1. The van der Waals surface area contributed by atoms with Crippen LogP contribution >= 0.6 is 12.4 Å². The maximum absolute atomic E-state index is 12.7. The maximum Gasteiger partial charge on any atom is 0.256 e. The Morgan fingerprint density at radius 2 is 1.73 bits per heavy atom. The van der Waals surface area contributed by atoms with Crippen LogP contribution in [0.25, 0.3) is 10.9 Å². The van der Waals surface area contributed by atoms with Gasteiger partial charge in [-0.05, 0) is 29.8 Å². The van der Waals surface area contributed by atoms with E-state index >= 15 is 0 Å². The summed E-state index contributed by atoms with van der Waals surface area (Å²) in [5.74, 6) is -1.12. The molecule has 2 N–H and O–H groups in total. The molecular formula is C24H25ClN4O4. The molecule has 8 nitrogen and oxygen atoms in total. The van der Waals surface area contributed by atoms with Gasteiger partial charge in [0.05, 0.1) is 5.52 Å². The number of carbonyl (C=O) groups excluding carboxylic acids is 3. The number of halogens is 1. The van der Waals surface area contributed by atoms with Crippen LogP contribution in [-0.4, -0.2) is 60.0 Å². The number of rotatable bonds is 7. The van der Waals surface area contributed by atoms with Crippen molar-refractivity contribution < 1.29 is 19.1 Å². The Hall–Kier alpha value is -3.49. The molecule has 1 aliphatic heterocycles. The lowest BCUT2D eigenvalue weighted by atomic mass is 10.0. The molecule has 0 aliphatic carbocycles. The van der Waals surface area contributed by atoms with E-state index in [1.54, 1.807) is 26.4 Å². The van der Waals surface area contributed by atoms with E-state index in [-0.39, 0.29) is 18.3 Å². The first-order chi connectivity index (χ1) is 15.4. The number of likely N-dealkylation sites (N-methyl/N-ethyl adjacent to an activating group) is 1. The predicted octanol–water partition coefficient (Wildman–Crippen LogP) is 2.18. The molecule has 4 rings (SSSR count). The highest BCUT2D eigenvalue weighted by Crippen LogP contribution is 2.25. The lowest BCUT2D eigenvalue weighted by Crippen LogP contribution is -2.49. The van der Waals surface area contributed by atoms with Crippen LogP contribution in [0, 0.1) is 0 Å². The van der Waals surface area contributed by atoms with E-state index in [1.807, 2.05) is 54.6 Å². The number of ether oxygens (including phenoxy) is 1. The fourth-order valence-corrected chi connectivity index (χ4v) is 3.49. The van der Waals surface area contributed by atoms with Gasteiger partial charge in [-0.15, -0.1) is 12.4 Å². The molecule has 0 unspecified atom stereocenters. The summed E-state index contributed by atoms with van der Waals surface area (Å²) >= 11 is 0. The first kappa shape index (κ1) is 24.2. The zero-order valence-electron chi connectivity index (χ0n) is 18.2. The first-order valence-electron chi connectivity index (χ1n) is 10.3. The molecule has 0 spiro atoms. The molecule has 2 heterocycles. The van der Waals surface area contributed by atoms with E-state index < -0.39 is 30.1 Å². The molecule has 1 aromatic heterocycles. The molecule has 9 heteroatoms. The topological polar surface area (TPSA) is 104 Å². The van der Waals surface area contributed by atoms with Crippen molar-refractivity contribution >= 4 is 46.7 Å². The van der Waals surface area contributed by atoms with Crippen LogP contribution in [0.1, 0.15) is 5.56 Å². The Balaban J connectivity index is 0.00000306. The number of fused-ring (bicyclic) bond motifs is 1. The van der Waals surface area contributed by atoms with Crippen molar-refractivity contribution in [1.82, 2.24) is 15.2 Å². The molecule has 1 aliphatic rings. The number of benzene rings is 2. The number of nitrogens with zero attached hydrogens (tertiary/aromatic N) is 2. The number of anilines is 1. The largest absolute Gasteiger partial charge is 0.349 e. The number of nitrogens with one attached hydrogen (secondary N) is 2. The van der Waals surface area contributed by atoms with Crippen LogP contribution in [0.4, 0.5) is 5.69 Å². The van der Waals surface area contributed by atoms with Crippen LogP contribution < -0.4 is 10.6 Å². The number of amides is 3. The highest BCUT2D eigenvalue weighted by molar-refractivity contribution is 6.03. The summed E-state index contributed by atoms with van der Waals surface area (Å²) < 4.78 is 5.33. The van der Waals surface area contributed by atoms with Crippen LogP contribution in [0.3, 0.4) is 0 Å². The van der Waals surface area contributed by atoms with Gasteiger partial charge in [-0.1, -0.05) is 36.4 Å². The van der Waals surface area contributed by atoms with Gasteiger partial charge in [0.1, 0.15) is 6.04 Å². The summed E-state index contributed by atoms with van der Waals surface area (Å²) in [5.41, 5.74) is 2.33. The third kappa shape index (κ3) is 5.85. The van der Waals surface area contributed by atoms with Gasteiger partial charge in [0.2, 0.25) is 5.91 Å². The van der Waals surface area contributed by atoms with Crippen LogP contribution in [0.5, 0.6) is 0 Å². The number of carbonyl (C=O) groups is 3. The second-order valence-electron chi connectivity index (χ2n) is 7.86. The summed E-state index contributed by atoms with van der Waals surface area (Å²) in [6.45, 7) is 0. The van der Waals surface area contributed by atoms with Gasteiger partial charge in [0.25, 0.3) is 11.8 Å². The standard InChI is InChI=1S/C24H24N4O4.ClH/c1-28(2)24(31)19(13-15-7-4-3-5-8-15)27-23(30)21-20(32-21)22(29)26-17-10-11-18-16(14-17)9-6-12-25-18;/h3-12,14,19-21H,13H2,1-2H3,(H,26,29)(H,27,30);1H/t19-,20-,21-;/m0./s1. The lowest BCUT2D eigenvalue weighted by molar-refractivity contribution is -0.134. The zero-order valence-corrected chi connectivity index (χ0v) is 19.0. The van der Waals surface area contributed by atoms with Gasteiger partial charge in [0.15, 0.2) is 12.2 Å². The monoisotopic (exact) mass is 468 g/mol. The molecule has 172 valence electrons. The summed E-state index contributed by atoms with van der Waals surface area (Å²) in [6.07, 6.45) is 0.225. The van der Waals surface area contributed by atoms with Crippen LogP contribution in [-0.2, 0) is 25.5 Å². The van der Waals surface area contributed by atoms with Gasteiger partial charge >= 0.3 is 0 Å². The summed E-state index contributed by atoms with van der Waals surface area (Å²) in [4.78, 5) is 43.5.